The Morgan fingerprint density at radius 3 is 1.50 bits per heavy atom. The fraction of sp³-hybridized carbons (Fsp3) is 0.385. The molecule has 1 fully saturated rings. The highest BCUT2D eigenvalue weighted by Gasteiger charge is 2.69. The minimum atomic E-state index is -0.481. The topological polar surface area (TPSA) is 12.5 Å². The molecule has 0 amide bonds. The molecule has 1 unspecified atom stereocenters. The van der Waals surface area contributed by atoms with E-state index in [0.717, 1.165) is 16.7 Å². The maximum Gasteiger partial charge on any atom is 0.147 e. The molecule has 76 valence electrons. The van der Waals surface area contributed by atoms with E-state index in [1.807, 2.05) is 20.8 Å². The predicted molar refractivity (Wildman–Crippen MR) is 61.2 cm³/mol. The molecule has 0 radical (unpaired) electrons. The quantitative estimate of drug-likeness (QED) is 0.489. The molecule has 0 aromatic carbocycles. The standard InChI is InChI=1S/C13H18O/c1-8-12(9(2)3)13(14-12,10(4)5)11(6)7/h8H,1-2,4,6H2,3,5,7H3. The highest BCUT2D eigenvalue weighted by molar-refractivity contribution is 5.53. The molecular formula is C13H18O. The highest BCUT2D eigenvalue weighted by atomic mass is 16.6. The fourth-order valence-corrected chi connectivity index (χ4v) is 2.14. The first kappa shape index (κ1) is 11.0. The third-order valence-electron chi connectivity index (χ3n) is 2.92. The summed E-state index contributed by atoms with van der Waals surface area (Å²) in [7, 11) is 0. The fourth-order valence-electron chi connectivity index (χ4n) is 2.14. The molecule has 0 aromatic heterocycles. The van der Waals surface area contributed by atoms with Crippen molar-refractivity contribution in [2.24, 2.45) is 0 Å². The molecule has 0 aromatic rings. The van der Waals surface area contributed by atoms with Gasteiger partial charge < -0.3 is 4.74 Å². The van der Waals surface area contributed by atoms with Gasteiger partial charge in [0.25, 0.3) is 0 Å². The van der Waals surface area contributed by atoms with Gasteiger partial charge in [-0.3, -0.25) is 0 Å². The zero-order chi connectivity index (χ0) is 11.1. The third kappa shape index (κ3) is 0.992. The summed E-state index contributed by atoms with van der Waals surface area (Å²) in [5.74, 6) is 0. The summed E-state index contributed by atoms with van der Waals surface area (Å²) < 4.78 is 5.81. The van der Waals surface area contributed by atoms with Crippen molar-refractivity contribution < 1.29 is 4.74 Å². The Morgan fingerprint density at radius 2 is 1.43 bits per heavy atom. The van der Waals surface area contributed by atoms with Crippen LogP contribution in [-0.4, -0.2) is 11.2 Å². The Balaban J connectivity index is 3.23. The van der Waals surface area contributed by atoms with Gasteiger partial charge in [-0.05, 0) is 37.5 Å². The average molecular weight is 190 g/mol. The largest absolute Gasteiger partial charge is 0.344 e. The summed E-state index contributed by atoms with van der Waals surface area (Å²) in [6.45, 7) is 21.5. The van der Waals surface area contributed by atoms with Gasteiger partial charge in [0.2, 0.25) is 0 Å². The Labute approximate surface area is 86.5 Å². The minimum Gasteiger partial charge on any atom is -0.344 e. The van der Waals surface area contributed by atoms with Gasteiger partial charge in [-0.25, -0.2) is 0 Å². The number of hydrogen-bond acceptors (Lipinski definition) is 1. The summed E-state index contributed by atoms with van der Waals surface area (Å²) in [5.41, 5.74) is 1.89. The highest BCUT2D eigenvalue weighted by Crippen LogP contribution is 2.60. The van der Waals surface area contributed by atoms with Crippen molar-refractivity contribution in [2.75, 3.05) is 0 Å². The van der Waals surface area contributed by atoms with Gasteiger partial charge in [-0.15, -0.1) is 0 Å². The van der Waals surface area contributed by atoms with E-state index in [1.165, 1.54) is 0 Å². The molecule has 1 aliphatic heterocycles. The van der Waals surface area contributed by atoms with Crippen LogP contribution in [-0.2, 0) is 4.74 Å². The van der Waals surface area contributed by atoms with Crippen LogP contribution in [0.15, 0.2) is 49.1 Å². The Morgan fingerprint density at radius 1 is 1.00 bits per heavy atom. The van der Waals surface area contributed by atoms with Gasteiger partial charge in [-0.2, -0.15) is 0 Å². The van der Waals surface area contributed by atoms with E-state index in [4.69, 9.17) is 4.74 Å². The van der Waals surface area contributed by atoms with Crippen LogP contribution in [0.4, 0.5) is 0 Å². The normalized spacial score (nSPS) is 27.9. The van der Waals surface area contributed by atoms with Gasteiger partial charge in [0.1, 0.15) is 11.2 Å². The molecule has 1 heterocycles. The molecule has 14 heavy (non-hydrogen) atoms. The van der Waals surface area contributed by atoms with Crippen molar-refractivity contribution in [3.05, 3.63) is 49.1 Å². The van der Waals surface area contributed by atoms with E-state index in [2.05, 4.69) is 26.3 Å². The molecule has 1 aliphatic rings. The second-order valence-corrected chi connectivity index (χ2v) is 4.06. The van der Waals surface area contributed by atoms with E-state index in [0.29, 0.717) is 0 Å². The van der Waals surface area contributed by atoms with Crippen molar-refractivity contribution in [3.8, 4) is 0 Å². The maximum atomic E-state index is 5.81. The van der Waals surface area contributed by atoms with Gasteiger partial charge >= 0.3 is 0 Å². The summed E-state index contributed by atoms with van der Waals surface area (Å²) in [6, 6.07) is 0. The van der Waals surface area contributed by atoms with Gasteiger partial charge in [0.15, 0.2) is 0 Å². The SMILES string of the molecule is C=CC1(C(=C)C)OC1(C(=C)C)C(=C)C. The Bertz CT molecular complexity index is 321. The molecule has 1 saturated heterocycles. The molecular weight excluding hydrogens is 172 g/mol. The number of epoxide rings is 1. The smallest absolute Gasteiger partial charge is 0.147 e. The lowest BCUT2D eigenvalue weighted by Crippen LogP contribution is -2.27. The second-order valence-electron chi connectivity index (χ2n) is 4.06. The van der Waals surface area contributed by atoms with Crippen LogP contribution in [0.5, 0.6) is 0 Å². The van der Waals surface area contributed by atoms with Crippen molar-refractivity contribution in [3.63, 3.8) is 0 Å². The first-order valence-corrected chi connectivity index (χ1v) is 4.67. The molecule has 0 saturated carbocycles. The summed E-state index contributed by atoms with van der Waals surface area (Å²) >= 11 is 0. The third-order valence-corrected chi connectivity index (χ3v) is 2.92. The minimum absolute atomic E-state index is 0.472. The van der Waals surface area contributed by atoms with Crippen molar-refractivity contribution >= 4 is 0 Å². The zero-order valence-electron chi connectivity index (χ0n) is 9.31. The van der Waals surface area contributed by atoms with Crippen LogP contribution in [0, 0.1) is 0 Å². The van der Waals surface area contributed by atoms with Gasteiger partial charge in [0, 0.05) is 0 Å². The monoisotopic (exact) mass is 190 g/mol. The number of ether oxygens (including phenoxy) is 1. The average Bonchev–Trinajstić information content (AvgIpc) is 2.75. The zero-order valence-corrected chi connectivity index (χ0v) is 9.31. The Kier molecular flexibility index (Phi) is 2.32. The lowest BCUT2D eigenvalue weighted by Gasteiger charge is -2.18. The molecule has 0 spiro atoms. The molecule has 0 N–H and O–H groups in total. The first-order chi connectivity index (χ1) is 6.35. The summed E-state index contributed by atoms with van der Waals surface area (Å²) in [6.07, 6.45) is 1.79. The summed E-state index contributed by atoms with van der Waals surface area (Å²) in [5, 5.41) is 0. The van der Waals surface area contributed by atoms with Crippen molar-refractivity contribution in [1.82, 2.24) is 0 Å². The lowest BCUT2D eigenvalue weighted by atomic mass is 9.79. The van der Waals surface area contributed by atoms with Crippen LogP contribution in [0.25, 0.3) is 0 Å². The molecule has 1 atom stereocenters. The van der Waals surface area contributed by atoms with Crippen molar-refractivity contribution in [1.29, 1.82) is 0 Å². The molecule has 0 bridgehead atoms. The Hall–Kier alpha value is -1.08. The van der Waals surface area contributed by atoms with Crippen LogP contribution in [0.1, 0.15) is 20.8 Å². The van der Waals surface area contributed by atoms with Crippen LogP contribution < -0.4 is 0 Å². The van der Waals surface area contributed by atoms with E-state index < -0.39 is 11.2 Å². The number of hydrogen-bond donors (Lipinski definition) is 0. The van der Waals surface area contributed by atoms with E-state index in [9.17, 15) is 0 Å². The predicted octanol–water partition coefficient (Wildman–Crippen LogP) is 3.41. The first-order valence-electron chi connectivity index (χ1n) is 4.67. The van der Waals surface area contributed by atoms with Crippen LogP contribution >= 0.6 is 0 Å². The molecule has 0 aliphatic carbocycles. The molecule has 1 rings (SSSR count). The van der Waals surface area contributed by atoms with Gasteiger partial charge in [-0.1, -0.05) is 32.4 Å². The van der Waals surface area contributed by atoms with Gasteiger partial charge in [0.05, 0.1) is 0 Å². The van der Waals surface area contributed by atoms with Crippen LogP contribution in [0.3, 0.4) is 0 Å². The second kappa shape index (κ2) is 2.96. The van der Waals surface area contributed by atoms with Crippen LogP contribution in [0.2, 0.25) is 0 Å². The van der Waals surface area contributed by atoms with E-state index in [-0.39, 0.29) is 0 Å². The summed E-state index contributed by atoms with van der Waals surface area (Å²) in [4.78, 5) is 0. The van der Waals surface area contributed by atoms with E-state index in [1.54, 1.807) is 6.08 Å². The number of rotatable bonds is 4. The lowest BCUT2D eigenvalue weighted by molar-refractivity contribution is 0.331. The molecule has 1 heteroatoms. The van der Waals surface area contributed by atoms with E-state index >= 15 is 0 Å². The maximum absolute atomic E-state index is 5.81. The van der Waals surface area contributed by atoms with Crippen molar-refractivity contribution in [2.45, 2.75) is 32.0 Å². The molecule has 1 nitrogen and oxygen atoms in total.